The summed E-state index contributed by atoms with van der Waals surface area (Å²) in [4.78, 5) is 22.6. The van der Waals surface area contributed by atoms with E-state index >= 15 is 0 Å². The summed E-state index contributed by atoms with van der Waals surface area (Å²) in [6.45, 7) is 3.79. The SMILES string of the molecule is COc1ccccc1OC1(C(=O)O)CCN(Cc2cnc(C)nc2)CC1. The standard InChI is InChI=1S/C19H23N3O4/c1-14-20-11-15(12-21-14)13-22-9-7-19(8-10-22,18(23)24)26-17-6-4-3-5-16(17)25-2/h3-6,11-12H,7-10,13H2,1-2H3,(H,23,24). The number of likely N-dealkylation sites (tertiary alicyclic amines) is 1. The summed E-state index contributed by atoms with van der Waals surface area (Å²) in [5.74, 6) is 0.786. The zero-order chi connectivity index (χ0) is 18.6. The predicted octanol–water partition coefficient (Wildman–Crippen LogP) is 2.29. The van der Waals surface area contributed by atoms with Crippen molar-refractivity contribution in [1.82, 2.24) is 14.9 Å². The monoisotopic (exact) mass is 357 g/mol. The van der Waals surface area contributed by atoms with E-state index in [-0.39, 0.29) is 0 Å². The second-order valence-corrected chi connectivity index (χ2v) is 6.47. The third-order valence-electron chi connectivity index (χ3n) is 4.67. The summed E-state index contributed by atoms with van der Waals surface area (Å²) in [6.07, 6.45) is 4.42. The fourth-order valence-corrected chi connectivity index (χ4v) is 3.10. The van der Waals surface area contributed by atoms with Gasteiger partial charge in [-0.15, -0.1) is 0 Å². The maximum atomic E-state index is 12.0. The lowest BCUT2D eigenvalue weighted by Crippen LogP contribution is -2.53. The van der Waals surface area contributed by atoms with Gasteiger partial charge in [0.25, 0.3) is 0 Å². The van der Waals surface area contributed by atoms with Crippen molar-refractivity contribution in [3.8, 4) is 11.5 Å². The van der Waals surface area contributed by atoms with Gasteiger partial charge in [-0.3, -0.25) is 4.90 Å². The van der Waals surface area contributed by atoms with Crippen LogP contribution in [0.1, 0.15) is 24.2 Å². The van der Waals surface area contributed by atoms with Gasteiger partial charge >= 0.3 is 5.97 Å². The molecule has 0 atom stereocenters. The third-order valence-corrected chi connectivity index (χ3v) is 4.67. The second kappa shape index (κ2) is 7.70. The molecule has 2 heterocycles. The molecule has 1 aliphatic rings. The molecule has 0 spiro atoms. The van der Waals surface area contributed by atoms with E-state index in [1.54, 1.807) is 25.3 Å². The molecule has 7 heteroatoms. The number of aromatic nitrogens is 2. The van der Waals surface area contributed by atoms with E-state index in [4.69, 9.17) is 9.47 Å². The molecule has 1 aromatic heterocycles. The molecule has 0 amide bonds. The lowest BCUT2D eigenvalue weighted by molar-refractivity contribution is -0.160. The zero-order valence-corrected chi connectivity index (χ0v) is 15.0. The summed E-state index contributed by atoms with van der Waals surface area (Å²) in [5.41, 5.74) is -0.224. The molecule has 7 nitrogen and oxygen atoms in total. The van der Waals surface area contributed by atoms with Crippen LogP contribution in [-0.2, 0) is 11.3 Å². The Labute approximate surface area is 152 Å². The highest BCUT2D eigenvalue weighted by Crippen LogP contribution is 2.34. The van der Waals surface area contributed by atoms with E-state index in [1.807, 2.05) is 25.4 Å². The van der Waals surface area contributed by atoms with Crippen LogP contribution in [-0.4, -0.2) is 51.7 Å². The molecule has 26 heavy (non-hydrogen) atoms. The van der Waals surface area contributed by atoms with Gasteiger partial charge in [-0.25, -0.2) is 14.8 Å². The van der Waals surface area contributed by atoms with Gasteiger partial charge in [-0.1, -0.05) is 12.1 Å². The summed E-state index contributed by atoms with van der Waals surface area (Å²) in [6, 6.07) is 7.13. The molecule has 1 saturated heterocycles. The van der Waals surface area contributed by atoms with Gasteiger partial charge in [0.1, 0.15) is 5.82 Å². The Balaban J connectivity index is 1.68. The Morgan fingerprint density at radius 2 is 1.81 bits per heavy atom. The maximum Gasteiger partial charge on any atom is 0.348 e. The van der Waals surface area contributed by atoms with Crippen molar-refractivity contribution < 1.29 is 19.4 Å². The van der Waals surface area contributed by atoms with Crippen LogP contribution in [0.5, 0.6) is 11.5 Å². The number of rotatable bonds is 6. The third kappa shape index (κ3) is 3.94. The highest BCUT2D eigenvalue weighted by Gasteiger charge is 2.44. The summed E-state index contributed by atoms with van der Waals surface area (Å²) < 4.78 is 11.2. The molecular formula is C19H23N3O4. The first kappa shape index (κ1) is 18.1. The van der Waals surface area contributed by atoms with Crippen molar-refractivity contribution in [2.24, 2.45) is 0 Å². The lowest BCUT2D eigenvalue weighted by atomic mass is 9.90. The van der Waals surface area contributed by atoms with Crippen LogP contribution >= 0.6 is 0 Å². The molecule has 0 radical (unpaired) electrons. The van der Waals surface area contributed by atoms with Crippen LogP contribution in [0.4, 0.5) is 0 Å². The number of ether oxygens (including phenoxy) is 2. The first-order valence-electron chi connectivity index (χ1n) is 8.58. The van der Waals surface area contributed by atoms with Crippen molar-refractivity contribution >= 4 is 5.97 Å². The number of aryl methyl sites for hydroxylation is 1. The van der Waals surface area contributed by atoms with Crippen LogP contribution in [0.3, 0.4) is 0 Å². The van der Waals surface area contributed by atoms with E-state index in [0.717, 1.165) is 11.4 Å². The fraction of sp³-hybridized carbons (Fsp3) is 0.421. The number of piperidine rings is 1. The van der Waals surface area contributed by atoms with Gasteiger partial charge < -0.3 is 14.6 Å². The molecule has 1 N–H and O–H groups in total. The van der Waals surface area contributed by atoms with E-state index in [9.17, 15) is 9.90 Å². The molecule has 138 valence electrons. The number of aliphatic carboxylic acids is 1. The smallest absolute Gasteiger partial charge is 0.348 e. The number of para-hydroxylation sites is 2. The largest absolute Gasteiger partial charge is 0.493 e. The average Bonchev–Trinajstić information content (AvgIpc) is 2.65. The first-order valence-corrected chi connectivity index (χ1v) is 8.58. The molecule has 0 bridgehead atoms. The normalized spacial score (nSPS) is 16.8. The van der Waals surface area contributed by atoms with Crippen molar-refractivity contribution in [3.05, 3.63) is 48.0 Å². The molecule has 1 aromatic carbocycles. The Morgan fingerprint density at radius 1 is 1.19 bits per heavy atom. The summed E-state index contributed by atoms with van der Waals surface area (Å²) >= 11 is 0. The topological polar surface area (TPSA) is 84.8 Å². The highest BCUT2D eigenvalue weighted by atomic mass is 16.5. The first-order chi connectivity index (χ1) is 12.5. The van der Waals surface area contributed by atoms with Crippen LogP contribution in [0.15, 0.2) is 36.7 Å². The van der Waals surface area contributed by atoms with Gasteiger partial charge in [0.05, 0.1) is 7.11 Å². The number of carboxylic acid groups (broad SMARTS) is 1. The molecular weight excluding hydrogens is 334 g/mol. The minimum atomic E-state index is -1.24. The van der Waals surface area contributed by atoms with Crippen LogP contribution in [0, 0.1) is 6.92 Å². The van der Waals surface area contributed by atoms with Crippen molar-refractivity contribution in [2.45, 2.75) is 31.9 Å². The Morgan fingerprint density at radius 3 is 2.38 bits per heavy atom. The highest BCUT2D eigenvalue weighted by molar-refractivity contribution is 5.78. The van der Waals surface area contributed by atoms with Gasteiger partial charge in [0.2, 0.25) is 5.60 Å². The van der Waals surface area contributed by atoms with Gasteiger partial charge in [-0.2, -0.15) is 0 Å². The maximum absolute atomic E-state index is 12.0. The van der Waals surface area contributed by atoms with Gasteiger partial charge in [0.15, 0.2) is 11.5 Å². The van der Waals surface area contributed by atoms with Crippen LogP contribution in [0.2, 0.25) is 0 Å². The van der Waals surface area contributed by atoms with Crippen LogP contribution < -0.4 is 9.47 Å². The molecule has 1 fully saturated rings. The minimum Gasteiger partial charge on any atom is -0.493 e. The van der Waals surface area contributed by atoms with Crippen LogP contribution in [0.25, 0.3) is 0 Å². The number of benzene rings is 1. The van der Waals surface area contributed by atoms with Gasteiger partial charge in [-0.05, 0) is 19.1 Å². The fourth-order valence-electron chi connectivity index (χ4n) is 3.10. The predicted molar refractivity (Wildman–Crippen MR) is 95.3 cm³/mol. The summed E-state index contributed by atoms with van der Waals surface area (Å²) in [5, 5.41) is 9.82. The molecule has 0 aliphatic carbocycles. The molecule has 0 saturated carbocycles. The Bertz CT molecular complexity index is 756. The minimum absolute atomic E-state index is 0.396. The Hall–Kier alpha value is -2.67. The Kier molecular flexibility index (Phi) is 5.37. The number of nitrogens with zero attached hydrogens (tertiary/aromatic N) is 3. The lowest BCUT2D eigenvalue weighted by Gasteiger charge is -2.39. The van der Waals surface area contributed by atoms with E-state index in [2.05, 4.69) is 14.9 Å². The van der Waals surface area contributed by atoms with Crippen molar-refractivity contribution in [1.29, 1.82) is 0 Å². The van der Waals surface area contributed by atoms with E-state index in [0.29, 0.717) is 44.0 Å². The number of hydrogen-bond donors (Lipinski definition) is 1. The quantitative estimate of drug-likeness (QED) is 0.849. The van der Waals surface area contributed by atoms with Crippen molar-refractivity contribution in [2.75, 3.05) is 20.2 Å². The average molecular weight is 357 g/mol. The molecule has 0 unspecified atom stereocenters. The zero-order valence-electron chi connectivity index (χ0n) is 15.0. The number of carboxylic acids is 1. The second-order valence-electron chi connectivity index (χ2n) is 6.47. The van der Waals surface area contributed by atoms with Gasteiger partial charge in [0, 0.05) is 50.4 Å². The molecule has 3 rings (SSSR count). The van der Waals surface area contributed by atoms with Crippen molar-refractivity contribution in [3.63, 3.8) is 0 Å². The van der Waals surface area contributed by atoms with E-state index in [1.165, 1.54) is 0 Å². The molecule has 2 aromatic rings. The summed E-state index contributed by atoms with van der Waals surface area (Å²) in [7, 11) is 1.54. The number of methoxy groups -OCH3 is 1. The number of carbonyl (C=O) groups is 1. The molecule has 1 aliphatic heterocycles. The number of hydrogen-bond acceptors (Lipinski definition) is 6. The van der Waals surface area contributed by atoms with E-state index < -0.39 is 11.6 Å².